The molecule has 3 fully saturated rings. The first kappa shape index (κ1) is 17.6. The maximum absolute atomic E-state index is 3.01. The van der Waals surface area contributed by atoms with Crippen molar-refractivity contribution in [3.05, 3.63) is 0 Å². The molecule has 0 aliphatic carbocycles. The van der Waals surface area contributed by atoms with E-state index >= 15 is 0 Å². The van der Waals surface area contributed by atoms with Gasteiger partial charge in [-0.05, 0) is 0 Å². The minimum absolute atomic E-state index is 0.941. The molecule has 116 valence electrons. The molecule has 3 rings (SSSR count). The SMILES string of the molecule is [SeH]C(CC1CS1)CC1CC[Se]C(CC([SeH])CC2CS2)[Se]1. The van der Waals surface area contributed by atoms with Crippen LogP contribution >= 0.6 is 23.5 Å². The van der Waals surface area contributed by atoms with Crippen molar-refractivity contribution >= 4 is 85.5 Å². The molecule has 0 bridgehead atoms. The standard InChI is InChI=1S/C14H24S2Se4/c17-11(3-9-7-15-9)5-13-1-2-19-14(20-13)6-12(18)4-10-8-16-10/h9-14,17-18H,1-8H2. The van der Waals surface area contributed by atoms with Crippen LogP contribution in [0.15, 0.2) is 0 Å². The Morgan fingerprint density at radius 2 is 1.55 bits per heavy atom. The molecular weight excluding hydrogens is 548 g/mol. The van der Waals surface area contributed by atoms with Gasteiger partial charge in [0.25, 0.3) is 0 Å². The van der Waals surface area contributed by atoms with Crippen LogP contribution in [-0.4, -0.2) is 83.9 Å². The van der Waals surface area contributed by atoms with E-state index in [1.165, 1.54) is 34.5 Å². The van der Waals surface area contributed by atoms with Gasteiger partial charge < -0.3 is 0 Å². The van der Waals surface area contributed by atoms with Crippen molar-refractivity contribution in [3.63, 3.8) is 0 Å². The molecule has 6 unspecified atom stereocenters. The Balaban J connectivity index is 1.36. The molecule has 0 aromatic rings. The summed E-state index contributed by atoms with van der Waals surface area (Å²) in [6.45, 7) is 0. The zero-order chi connectivity index (χ0) is 13.9. The Hall–Kier alpha value is 2.78. The van der Waals surface area contributed by atoms with Crippen molar-refractivity contribution in [2.45, 2.75) is 66.1 Å². The summed E-state index contributed by atoms with van der Waals surface area (Å²) in [6.07, 6.45) is 7.63. The van der Waals surface area contributed by atoms with E-state index in [2.05, 4.69) is 55.5 Å². The summed E-state index contributed by atoms with van der Waals surface area (Å²) < 4.78 is 1.17. The molecule has 20 heavy (non-hydrogen) atoms. The molecule has 0 saturated carbocycles. The van der Waals surface area contributed by atoms with Gasteiger partial charge in [0.15, 0.2) is 0 Å². The topological polar surface area (TPSA) is 0 Å². The van der Waals surface area contributed by atoms with E-state index in [0.29, 0.717) is 0 Å². The predicted octanol–water partition coefficient (Wildman–Crippen LogP) is 2.92. The average Bonchev–Trinajstić information content (AvgIpc) is 3.26. The second-order valence-electron chi connectivity index (χ2n) is 6.01. The van der Waals surface area contributed by atoms with Gasteiger partial charge in [-0.3, -0.25) is 0 Å². The van der Waals surface area contributed by atoms with E-state index < -0.39 is 0 Å². The molecular formula is C14H24S2Se4. The number of rotatable bonds is 8. The number of hydrogen-bond acceptors (Lipinski definition) is 2. The average molecular weight is 572 g/mol. The van der Waals surface area contributed by atoms with Crippen LogP contribution in [0.3, 0.4) is 0 Å². The summed E-state index contributed by atoms with van der Waals surface area (Å²) >= 11 is 12.3. The maximum atomic E-state index is 3.01. The molecule has 0 aromatic carbocycles. The molecule has 6 heteroatoms. The molecule has 3 saturated heterocycles. The van der Waals surface area contributed by atoms with E-state index in [1.807, 2.05) is 0 Å². The van der Waals surface area contributed by atoms with Gasteiger partial charge in [-0.15, -0.1) is 0 Å². The van der Waals surface area contributed by atoms with E-state index in [9.17, 15) is 0 Å². The Bertz CT molecular complexity index is 282. The van der Waals surface area contributed by atoms with Gasteiger partial charge in [0.1, 0.15) is 0 Å². The monoisotopic (exact) mass is 576 g/mol. The van der Waals surface area contributed by atoms with Crippen LogP contribution in [0.4, 0.5) is 0 Å². The first-order valence-electron chi connectivity index (χ1n) is 7.55. The second kappa shape index (κ2) is 8.75. The normalized spacial score (nSPS) is 39.3. The van der Waals surface area contributed by atoms with Gasteiger partial charge in [-0.2, -0.15) is 0 Å². The van der Waals surface area contributed by atoms with Gasteiger partial charge >= 0.3 is 163 Å². The van der Waals surface area contributed by atoms with E-state index in [4.69, 9.17) is 0 Å². The summed E-state index contributed by atoms with van der Waals surface area (Å²) in [5.41, 5.74) is 0. The fourth-order valence-electron chi connectivity index (χ4n) is 2.68. The summed E-state index contributed by atoms with van der Waals surface area (Å²) in [5, 5.41) is 3.66. The van der Waals surface area contributed by atoms with E-state index in [0.717, 1.165) is 54.9 Å². The Kier molecular flexibility index (Phi) is 7.70. The molecule has 3 aliphatic heterocycles. The molecule has 3 aliphatic rings. The molecule has 0 spiro atoms. The van der Waals surface area contributed by atoms with Gasteiger partial charge in [-0.25, -0.2) is 0 Å². The van der Waals surface area contributed by atoms with Crippen molar-refractivity contribution in [1.82, 2.24) is 0 Å². The van der Waals surface area contributed by atoms with Crippen LogP contribution < -0.4 is 0 Å². The van der Waals surface area contributed by atoms with Crippen molar-refractivity contribution in [2.75, 3.05) is 11.5 Å². The fraction of sp³-hybridized carbons (Fsp3) is 1.00. The van der Waals surface area contributed by atoms with Crippen LogP contribution in [0.25, 0.3) is 0 Å². The Morgan fingerprint density at radius 3 is 2.15 bits per heavy atom. The summed E-state index contributed by atoms with van der Waals surface area (Å²) in [4.78, 5) is 3.01. The van der Waals surface area contributed by atoms with Crippen molar-refractivity contribution in [1.29, 1.82) is 0 Å². The molecule has 3 heterocycles. The van der Waals surface area contributed by atoms with Crippen LogP contribution in [-0.2, 0) is 0 Å². The molecule has 0 nitrogen and oxygen atoms in total. The first-order valence-corrected chi connectivity index (χ1v) is 16.0. The van der Waals surface area contributed by atoms with Gasteiger partial charge in [0.2, 0.25) is 0 Å². The fourth-order valence-corrected chi connectivity index (χ4v) is 18.3. The van der Waals surface area contributed by atoms with Crippen molar-refractivity contribution in [3.8, 4) is 0 Å². The van der Waals surface area contributed by atoms with E-state index in [1.54, 1.807) is 18.2 Å². The quantitative estimate of drug-likeness (QED) is 0.325. The van der Waals surface area contributed by atoms with E-state index in [-0.39, 0.29) is 0 Å². The Morgan fingerprint density at radius 1 is 0.950 bits per heavy atom. The van der Waals surface area contributed by atoms with Crippen LogP contribution in [0.2, 0.25) is 23.5 Å². The third kappa shape index (κ3) is 6.72. The summed E-state index contributed by atoms with van der Waals surface area (Å²) in [5.74, 6) is 2.90. The zero-order valence-electron chi connectivity index (χ0n) is 11.6. The van der Waals surface area contributed by atoms with Crippen LogP contribution in [0.5, 0.6) is 0 Å². The van der Waals surface area contributed by atoms with Crippen molar-refractivity contribution in [2.24, 2.45) is 0 Å². The zero-order valence-corrected chi connectivity index (χ0v) is 20.5. The molecule has 0 N–H and O–H groups in total. The number of thioether (sulfide) groups is 2. The molecule has 0 aromatic heterocycles. The Labute approximate surface area is 161 Å². The van der Waals surface area contributed by atoms with Gasteiger partial charge in [-0.1, -0.05) is 0 Å². The minimum atomic E-state index is 0.941. The third-order valence-corrected chi connectivity index (χ3v) is 15.3. The predicted molar refractivity (Wildman–Crippen MR) is 101 cm³/mol. The van der Waals surface area contributed by atoms with Crippen LogP contribution in [0.1, 0.15) is 32.1 Å². The van der Waals surface area contributed by atoms with Gasteiger partial charge in [0, 0.05) is 0 Å². The molecule has 0 radical (unpaired) electrons. The summed E-state index contributed by atoms with van der Waals surface area (Å²) in [6, 6.07) is 0. The third-order valence-electron chi connectivity index (χ3n) is 3.96. The molecule has 6 atom stereocenters. The van der Waals surface area contributed by atoms with Crippen molar-refractivity contribution < 1.29 is 0 Å². The number of hydrogen-bond donors (Lipinski definition) is 0. The summed E-state index contributed by atoms with van der Waals surface area (Å²) in [7, 11) is 0. The van der Waals surface area contributed by atoms with Crippen LogP contribution in [0, 0.1) is 0 Å². The van der Waals surface area contributed by atoms with Gasteiger partial charge in [0.05, 0.1) is 0 Å². The first-order chi connectivity index (χ1) is 9.69. The molecule has 0 amide bonds. The second-order valence-corrected chi connectivity index (χ2v) is 19.2.